The summed E-state index contributed by atoms with van der Waals surface area (Å²) >= 11 is 1.24. The van der Waals surface area contributed by atoms with Gasteiger partial charge in [0.25, 0.3) is 5.56 Å². The third kappa shape index (κ3) is 3.40. The van der Waals surface area contributed by atoms with Crippen LogP contribution in [-0.4, -0.2) is 15.7 Å². The van der Waals surface area contributed by atoms with Crippen LogP contribution in [0, 0.1) is 5.82 Å². The fraction of sp³-hybridized carbons (Fsp3) is 0.120. The lowest BCUT2D eigenvalue weighted by Gasteiger charge is -2.13. The first-order chi connectivity index (χ1) is 15.4. The molecule has 32 heavy (non-hydrogen) atoms. The van der Waals surface area contributed by atoms with Crippen LogP contribution in [0.2, 0.25) is 0 Å². The SMILES string of the molecule is CC(C)Oc1cc(F)ccc1-c1cc2[nH]c(=O)n(-c3cccc4ccccc34)c(=O)c2s1. The molecule has 1 N–H and O–H groups in total. The van der Waals surface area contributed by atoms with Gasteiger partial charge in [-0.15, -0.1) is 11.3 Å². The number of hydrogen-bond donors (Lipinski definition) is 1. The van der Waals surface area contributed by atoms with Gasteiger partial charge in [0, 0.05) is 21.9 Å². The number of aromatic nitrogens is 2. The van der Waals surface area contributed by atoms with Crippen molar-refractivity contribution in [1.82, 2.24) is 9.55 Å². The maximum Gasteiger partial charge on any atom is 0.333 e. The van der Waals surface area contributed by atoms with E-state index < -0.39 is 17.1 Å². The number of ether oxygens (including phenoxy) is 1. The molecule has 0 saturated heterocycles. The van der Waals surface area contributed by atoms with E-state index in [0.717, 1.165) is 10.8 Å². The molecule has 5 rings (SSSR count). The fourth-order valence-corrected chi connectivity index (χ4v) is 4.89. The summed E-state index contributed by atoms with van der Waals surface area (Å²) in [5.41, 5.74) is 0.720. The predicted octanol–water partition coefficient (Wildman–Crippen LogP) is 5.49. The van der Waals surface area contributed by atoms with Crippen LogP contribution in [0.3, 0.4) is 0 Å². The lowest BCUT2D eigenvalue weighted by molar-refractivity contribution is 0.242. The van der Waals surface area contributed by atoms with Crippen LogP contribution in [0.15, 0.2) is 76.3 Å². The standard InChI is InChI=1S/C25H19FN2O3S/c1-14(2)31-21-12-16(26)10-11-18(21)22-13-19-23(32-22)24(29)28(25(30)27-19)20-9-5-7-15-6-3-4-8-17(15)20/h3-14H,1-2H3,(H,27,30). The summed E-state index contributed by atoms with van der Waals surface area (Å²) in [7, 11) is 0. The lowest BCUT2D eigenvalue weighted by atomic mass is 10.1. The maximum absolute atomic E-state index is 13.8. The van der Waals surface area contributed by atoms with Gasteiger partial charge < -0.3 is 9.72 Å². The average molecular weight is 447 g/mol. The molecule has 7 heteroatoms. The van der Waals surface area contributed by atoms with Crippen molar-refractivity contribution in [2.45, 2.75) is 20.0 Å². The van der Waals surface area contributed by atoms with Crippen molar-refractivity contribution < 1.29 is 9.13 Å². The molecule has 0 aliphatic heterocycles. The summed E-state index contributed by atoms with van der Waals surface area (Å²) in [5, 5.41) is 1.75. The van der Waals surface area contributed by atoms with Gasteiger partial charge in [-0.1, -0.05) is 36.4 Å². The molecule has 0 atom stereocenters. The van der Waals surface area contributed by atoms with Gasteiger partial charge in [-0.05, 0) is 43.5 Å². The molecule has 0 aliphatic carbocycles. The number of benzene rings is 3. The number of nitrogens with one attached hydrogen (secondary N) is 1. The summed E-state index contributed by atoms with van der Waals surface area (Å²) in [6.45, 7) is 3.72. The van der Waals surface area contributed by atoms with E-state index in [0.29, 0.717) is 32.1 Å². The molecule has 0 amide bonds. The van der Waals surface area contributed by atoms with Crippen LogP contribution in [0.25, 0.3) is 37.1 Å². The van der Waals surface area contributed by atoms with E-state index in [1.165, 1.54) is 28.0 Å². The molecule has 0 spiro atoms. The van der Waals surface area contributed by atoms with Crippen LogP contribution < -0.4 is 16.0 Å². The number of thiophene rings is 1. The third-order valence-corrected chi connectivity index (χ3v) is 6.31. The zero-order valence-electron chi connectivity index (χ0n) is 17.4. The Balaban J connectivity index is 1.74. The Morgan fingerprint density at radius 1 is 1.00 bits per heavy atom. The first-order valence-corrected chi connectivity index (χ1v) is 11.0. The van der Waals surface area contributed by atoms with Crippen molar-refractivity contribution in [1.29, 1.82) is 0 Å². The Bertz CT molecular complexity index is 1590. The summed E-state index contributed by atoms with van der Waals surface area (Å²) in [4.78, 5) is 29.9. The highest BCUT2D eigenvalue weighted by Crippen LogP contribution is 2.37. The average Bonchev–Trinajstić information content (AvgIpc) is 3.17. The van der Waals surface area contributed by atoms with Crippen molar-refractivity contribution in [3.63, 3.8) is 0 Å². The Morgan fingerprint density at radius 3 is 2.59 bits per heavy atom. The number of nitrogens with zero attached hydrogens (tertiary/aromatic N) is 1. The molecule has 3 aromatic carbocycles. The quantitative estimate of drug-likeness (QED) is 0.397. The second-order valence-corrected chi connectivity index (χ2v) is 8.78. The van der Waals surface area contributed by atoms with Crippen molar-refractivity contribution in [2.75, 3.05) is 0 Å². The molecular formula is C25H19FN2O3S. The van der Waals surface area contributed by atoms with E-state index in [1.54, 1.807) is 18.2 Å². The van der Waals surface area contributed by atoms with Crippen LogP contribution >= 0.6 is 11.3 Å². The maximum atomic E-state index is 13.8. The van der Waals surface area contributed by atoms with E-state index in [4.69, 9.17) is 4.74 Å². The molecule has 0 bridgehead atoms. The van der Waals surface area contributed by atoms with Crippen molar-refractivity contribution >= 4 is 32.3 Å². The number of rotatable bonds is 4. The number of halogens is 1. The minimum absolute atomic E-state index is 0.145. The minimum atomic E-state index is -0.513. The second-order valence-electron chi connectivity index (χ2n) is 7.73. The molecule has 0 fully saturated rings. The normalized spacial score (nSPS) is 11.5. The van der Waals surface area contributed by atoms with Gasteiger partial charge in [-0.25, -0.2) is 13.8 Å². The second kappa shape index (κ2) is 7.76. The van der Waals surface area contributed by atoms with Gasteiger partial charge in [-0.3, -0.25) is 4.79 Å². The fourth-order valence-electron chi connectivity index (χ4n) is 3.81. The van der Waals surface area contributed by atoms with Gasteiger partial charge in [0.1, 0.15) is 16.3 Å². The predicted molar refractivity (Wildman–Crippen MR) is 127 cm³/mol. The molecule has 160 valence electrons. The first kappa shape index (κ1) is 20.2. The molecule has 0 radical (unpaired) electrons. The lowest BCUT2D eigenvalue weighted by Crippen LogP contribution is -2.33. The zero-order valence-corrected chi connectivity index (χ0v) is 18.2. The Morgan fingerprint density at radius 2 is 1.78 bits per heavy atom. The van der Waals surface area contributed by atoms with Crippen molar-refractivity contribution in [3.05, 3.63) is 93.4 Å². The van der Waals surface area contributed by atoms with E-state index in [-0.39, 0.29) is 6.10 Å². The van der Waals surface area contributed by atoms with Crippen LogP contribution in [0.5, 0.6) is 5.75 Å². The molecule has 0 aliphatic rings. The molecular weight excluding hydrogens is 427 g/mol. The number of aromatic amines is 1. The molecule has 5 aromatic rings. The number of fused-ring (bicyclic) bond motifs is 2. The molecule has 5 nitrogen and oxygen atoms in total. The highest BCUT2D eigenvalue weighted by Gasteiger charge is 2.18. The molecule has 2 heterocycles. The van der Waals surface area contributed by atoms with Crippen molar-refractivity contribution in [2.24, 2.45) is 0 Å². The summed E-state index contributed by atoms with van der Waals surface area (Å²) in [6, 6.07) is 19.2. The molecule has 2 aromatic heterocycles. The summed E-state index contributed by atoms with van der Waals surface area (Å²) in [6.07, 6.45) is -0.145. The Kier molecular flexibility index (Phi) is 4.90. The van der Waals surface area contributed by atoms with Gasteiger partial charge in [0.15, 0.2) is 0 Å². The first-order valence-electron chi connectivity index (χ1n) is 10.2. The third-order valence-electron chi connectivity index (χ3n) is 5.15. The van der Waals surface area contributed by atoms with Crippen LogP contribution in [0.4, 0.5) is 4.39 Å². The molecule has 0 saturated carbocycles. The van der Waals surface area contributed by atoms with E-state index in [9.17, 15) is 14.0 Å². The topological polar surface area (TPSA) is 64.1 Å². The highest BCUT2D eigenvalue weighted by atomic mass is 32.1. The summed E-state index contributed by atoms with van der Waals surface area (Å²) < 4.78 is 21.2. The summed E-state index contributed by atoms with van der Waals surface area (Å²) in [5.74, 6) is -0.0134. The smallest absolute Gasteiger partial charge is 0.333 e. The van der Waals surface area contributed by atoms with Crippen molar-refractivity contribution in [3.8, 4) is 21.9 Å². The van der Waals surface area contributed by atoms with E-state index in [2.05, 4.69) is 4.98 Å². The Labute approximate surface area is 186 Å². The van der Waals surface area contributed by atoms with Gasteiger partial charge in [0.05, 0.1) is 17.3 Å². The van der Waals surface area contributed by atoms with Crippen LogP contribution in [-0.2, 0) is 0 Å². The number of H-pyrrole nitrogens is 1. The van der Waals surface area contributed by atoms with Gasteiger partial charge in [0.2, 0.25) is 0 Å². The zero-order chi connectivity index (χ0) is 22.4. The minimum Gasteiger partial charge on any atom is -0.490 e. The van der Waals surface area contributed by atoms with Gasteiger partial charge in [-0.2, -0.15) is 0 Å². The Hall–Kier alpha value is -3.71. The monoisotopic (exact) mass is 446 g/mol. The highest BCUT2D eigenvalue weighted by molar-refractivity contribution is 7.22. The largest absolute Gasteiger partial charge is 0.490 e. The van der Waals surface area contributed by atoms with Gasteiger partial charge >= 0.3 is 5.69 Å². The molecule has 0 unspecified atom stereocenters. The van der Waals surface area contributed by atoms with E-state index in [1.807, 2.05) is 50.2 Å². The van der Waals surface area contributed by atoms with E-state index >= 15 is 0 Å². The van der Waals surface area contributed by atoms with Crippen LogP contribution in [0.1, 0.15) is 13.8 Å². The number of hydrogen-bond acceptors (Lipinski definition) is 4.